The average Bonchev–Trinajstić information content (AvgIpc) is 2.95. The molecule has 106 valence electrons. The Morgan fingerprint density at radius 1 is 1.74 bits per heavy atom. The molecule has 0 bridgehead atoms. The lowest BCUT2D eigenvalue weighted by molar-refractivity contribution is -0.144. The maximum absolute atomic E-state index is 11.5. The molecule has 0 aliphatic heterocycles. The molecule has 1 aliphatic carbocycles. The second-order valence-corrected chi connectivity index (χ2v) is 6.30. The predicted octanol–water partition coefficient (Wildman–Crippen LogP) is 2.45. The van der Waals surface area contributed by atoms with Crippen molar-refractivity contribution in [3.63, 3.8) is 0 Å². The molecule has 1 aliphatic rings. The van der Waals surface area contributed by atoms with Gasteiger partial charge in [-0.15, -0.1) is 0 Å². The summed E-state index contributed by atoms with van der Waals surface area (Å²) in [5, 5.41) is 13.6. The minimum Gasteiger partial charge on any atom is -0.480 e. The zero-order valence-electron chi connectivity index (χ0n) is 11.3. The Morgan fingerprint density at radius 2 is 2.53 bits per heavy atom. The fraction of sp³-hybridized carbons (Fsp3) is 0.692. The molecule has 0 aromatic carbocycles. The Labute approximate surface area is 117 Å². The van der Waals surface area contributed by atoms with Crippen molar-refractivity contribution in [1.82, 2.24) is 10.3 Å². The Bertz CT molecular complexity index is 449. The van der Waals surface area contributed by atoms with E-state index in [-0.39, 0.29) is 5.25 Å². The molecule has 1 fully saturated rings. The molecule has 0 amide bonds. The summed E-state index contributed by atoms with van der Waals surface area (Å²) in [6.07, 6.45) is 4.71. The van der Waals surface area contributed by atoms with Crippen LogP contribution in [0.25, 0.3) is 0 Å². The lowest BCUT2D eigenvalue weighted by Gasteiger charge is -2.25. The van der Waals surface area contributed by atoms with Crippen molar-refractivity contribution in [3.05, 3.63) is 12.0 Å². The molecule has 2 rings (SSSR count). The zero-order chi connectivity index (χ0) is 13.9. The first-order valence-electron chi connectivity index (χ1n) is 6.63. The third-order valence-electron chi connectivity index (χ3n) is 3.46. The molecular formula is C13H20N2O3S. The van der Waals surface area contributed by atoms with E-state index in [0.29, 0.717) is 18.1 Å². The predicted molar refractivity (Wildman–Crippen MR) is 73.4 cm³/mol. The average molecular weight is 284 g/mol. The van der Waals surface area contributed by atoms with Crippen LogP contribution in [0.1, 0.15) is 38.3 Å². The van der Waals surface area contributed by atoms with E-state index in [1.165, 1.54) is 0 Å². The van der Waals surface area contributed by atoms with E-state index in [2.05, 4.69) is 10.3 Å². The molecule has 1 saturated carbocycles. The van der Waals surface area contributed by atoms with Gasteiger partial charge in [-0.3, -0.25) is 4.79 Å². The van der Waals surface area contributed by atoms with Crippen LogP contribution in [-0.4, -0.2) is 33.4 Å². The SMILES string of the molecule is CCCNC1(C(=O)O)CCC(Sc2nc(C)co2)C1. The number of carboxylic acids is 1. The molecule has 0 saturated heterocycles. The van der Waals surface area contributed by atoms with Crippen LogP contribution in [0.15, 0.2) is 15.9 Å². The van der Waals surface area contributed by atoms with Crippen molar-refractivity contribution >= 4 is 17.7 Å². The molecule has 5 nitrogen and oxygen atoms in total. The summed E-state index contributed by atoms with van der Waals surface area (Å²) in [6, 6.07) is 0. The van der Waals surface area contributed by atoms with Crippen molar-refractivity contribution in [1.29, 1.82) is 0 Å². The van der Waals surface area contributed by atoms with Crippen molar-refractivity contribution < 1.29 is 14.3 Å². The smallest absolute Gasteiger partial charge is 0.323 e. The Hall–Kier alpha value is -1.01. The van der Waals surface area contributed by atoms with Crippen LogP contribution in [0, 0.1) is 6.92 Å². The number of thioether (sulfide) groups is 1. The molecule has 0 radical (unpaired) electrons. The number of nitrogens with zero attached hydrogens (tertiary/aromatic N) is 1. The molecule has 1 aromatic rings. The quantitative estimate of drug-likeness (QED) is 0.835. The summed E-state index contributed by atoms with van der Waals surface area (Å²) in [4.78, 5) is 15.8. The van der Waals surface area contributed by atoms with Gasteiger partial charge in [0.2, 0.25) is 0 Å². The fourth-order valence-electron chi connectivity index (χ4n) is 2.42. The number of carboxylic acid groups (broad SMARTS) is 1. The van der Waals surface area contributed by atoms with E-state index in [4.69, 9.17) is 4.42 Å². The van der Waals surface area contributed by atoms with Gasteiger partial charge in [-0.2, -0.15) is 0 Å². The van der Waals surface area contributed by atoms with Gasteiger partial charge < -0.3 is 14.8 Å². The highest BCUT2D eigenvalue weighted by Crippen LogP contribution is 2.40. The number of aryl methyl sites for hydroxylation is 1. The number of rotatable bonds is 6. The van der Waals surface area contributed by atoms with E-state index < -0.39 is 11.5 Å². The number of hydrogen-bond acceptors (Lipinski definition) is 5. The van der Waals surface area contributed by atoms with E-state index in [9.17, 15) is 9.90 Å². The first kappa shape index (κ1) is 14.4. The maximum atomic E-state index is 11.5. The highest BCUT2D eigenvalue weighted by atomic mass is 32.2. The summed E-state index contributed by atoms with van der Waals surface area (Å²) in [5.41, 5.74) is 0.0871. The number of nitrogens with one attached hydrogen (secondary N) is 1. The summed E-state index contributed by atoms with van der Waals surface area (Å²) < 4.78 is 5.32. The van der Waals surface area contributed by atoms with E-state index in [1.807, 2.05) is 13.8 Å². The standard InChI is InChI=1S/C13H20N2O3S/c1-3-6-14-13(11(16)17)5-4-10(7-13)19-12-15-9(2)8-18-12/h8,10,14H,3-7H2,1-2H3,(H,16,17). The van der Waals surface area contributed by atoms with Crippen LogP contribution >= 0.6 is 11.8 Å². The third-order valence-corrected chi connectivity index (χ3v) is 4.58. The van der Waals surface area contributed by atoms with Gasteiger partial charge in [0.1, 0.15) is 11.8 Å². The summed E-state index contributed by atoms with van der Waals surface area (Å²) >= 11 is 1.54. The highest BCUT2D eigenvalue weighted by molar-refractivity contribution is 7.99. The molecular weight excluding hydrogens is 264 g/mol. The van der Waals surface area contributed by atoms with Crippen LogP contribution in [0.3, 0.4) is 0 Å². The van der Waals surface area contributed by atoms with Crippen LogP contribution < -0.4 is 5.32 Å². The second kappa shape index (κ2) is 5.96. The molecule has 0 spiro atoms. The summed E-state index contributed by atoms with van der Waals surface area (Å²) in [7, 11) is 0. The van der Waals surface area contributed by atoms with Gasteiger partial charge in [0.25, 0.3) is 5.22 Å². The van der Waals surface area contributed by atoms with Crippen molar-refractivity contribution in [3.8, 4) is 0 Å². The summed E-state index contributed by atoms with van der Waals surface area (Å²) in [6.45, 7) is 4.66. The monoisotopic (exact) mass is 284 g/mol. The van der Waals surface area contributed by atoms with Gasteiger partial charge in [-0.05, 0) is 39.2 Å². The van der Waals surface area contributed by atoms with E-state index in [0.717, 1.165) is 25.1 Å². The fourth-order valence-corrected chi connectivity index (χ4v) is 3.61. The van der Waals surface area contributed by atoms with Gasteiger partial charge in [-0.25, -0.2) is 4.98 Å². The first-order valence-corrected chi connectivity index (χ1v) is 7.51. The molecule has 19 heavy (non-hydrogen) atoms. The van der Waals surface area contributed by atoms with Crippen LogP contribution in [-0.2, 0) is 4.79 Å². The van der Waals surface area contributed by atoms with Crippen LogP contribution in [0.4, 0.5) is 0 Å². The molecule has 2 atom stereocenters. The highest BCUT2D eigenvalue weighted by Gasteiger charge is 2.45. The first-order chi connectivity index (χ1) is 9.05. The lowest BCUT2D eigenvalue weighted by Crippen LogP contribution is -2.50. The van der Waals surface area contributed by atoms with Crippen molar-refractivity contribution in [2.75, 3.05) is 6.54 Å². The number of oxazole rings is 1. The van der Waals surface area contributed by atoms with Gasteiger partial charge in [-0.1, -0.05) is 18.7 Å². The number of aromatic nitrogens is 1. The Kier molecular flexibility index (Phi) is 4.52. The minimum atomic E-state index is -0.769. The van der Waals surface area contributed by atoms with Crippen molar-refractivity contribution in [2.45, 2.75) is 55.5 Å². The van der Waals surface area contributed by atoms with E-state index >= 15 is 0 Å². The van der Waals surface area contributed by atoms with Gasteiger partial charge in [0, 0.05) is 5.25 Å². The minimum absolute atomic E-state index is 0.249. The number of carbonyl (C=O) groups is 1. The number of hydrogen-bond donors (Lipinski definition) is 2. The van der Waals surface area contributed by atoms with Crippen LogP contribution in [0.5, 0.6) is 0 Å². The summed E-state index contributed by atoms with van der Waals surface area (Å²) in [5.74, 6) is -0.743. The van der Waals surface area contributed by atoms with Crippen molar-refractivity contribution in [2.24, 2.45) is 0 Å². The van der Waals surface area contributed by atoms with E-state index in [1.54, 1.807) is 18.0 Å². The van der Waals surface area contributed by atoms with Gasteiger partial charge >= 0.3 is 5.97 Å². The molecule has 2 unspecified atom stereocenters. The Morgan fingerprint density at radius 3 is 3.11 bits per heavy atom. The topological polar surface area (TPSA) is 75.4 Å². The molecule has 2 N–H and O–H groups in total. The van der Waals surface area contributed by atoms with Gasteiger partial charge in [0.15, 0.2) is 0 Å². The maximum Gasteiger partial charge on any atom is 0.323 e. The second-order valence-electron chi connectivity index (χ2n) is 5.05. The molecule has 6 heteroatoms. The number of aliphatic carboxylic acids is 1. The normalized spacial score (nSPS) is 26.7. The van der Waals surface area contributed by atoms with Crippen LogP contribution in [0.2, 0.25) is 0 Å². The Balaban J connectivity index is 1.98. The third kappa shape index (κ3) is 3.30. The largest absolute Gasteiger partial charge is 0.480 e. The molecule has 1 heterocycles. The molecule has 1 aromatic heterocycles. The lowest BCUT2D eigenvalue weighted by atomic mass is 9.98. The van der Waals surface area contributed by atoms with Gasteiger partial charge in [0.05, 0.1) is 5.69 Å². The zero-order valence-corrected chi connectivity index (χ0v) is 12.1.